The van der Waals surface area contributed by atoms with Crippen LogP contribution in [0.15, 0.2) is 45.5 Å². The summed E-state index contributed by atoms with van der Waals surface area (Å²) in [5.74, 6) is 1.68. The topological polar surface area (TPSA) is 50.0 Å². The van der Waals surface area contributed by atoms with Gasteiger partial charge in [0, 0.05) is 5.56 Å². The van der Waals surface area contributed by atoms with Gasteiger partial charge in [-0.25, -0.2) is 4.68 Å². The Labute approximate surface area is 154 Å². The molecule has 0 bridgehead atoms. The zero-order valence-electron chi connectivity index (χ0n) is 13.6. The van der Waals surface area contributed by atoms with Gasteiger partial charge in [0.15, 0.2) is 10.5 Å². The Bertz CT molecular complexity index is 865. The number of halogens is 1. The van der Waals surface area contributed by atoms with E-state index in [0.717, 1.165) is 28.2 Å². The fraction of sp³-hybridized carbons (Fsp3) is 0.294. The van der Waals surface area contributed by atoms with Crippen molar-refractivity contribution in [1.82, 2.24) is 19.7 Å². The number of aromatic amines is 1. The molecule has 0 amide bonds. The fourth-order valence-corrected chi connectivity index (χ4v) is 3.01. The van der Waals surface area contributed by atoms with E-state index < -0.39 is 0 Å². The number of benzene rings is 1. The summed E-state index contributed by atoms with van der Waals surface area (Å²) >= 11 is 8.69. The van der Waals surface area contributed by atoms with E-state index in [4.69, 9.17) is 16.6 Å². The summed E-state index contributed by atoms with van der Waals surface area (Å²) in [5, 5.41) is 3.28. The maximum atomic E-state index is 5.53. The zero-order valence-corrected chi connectivity index (χ0v) is 16.0. The van der Waals surface area contributed by atoms with Crippen LogP contribution in [0.25, 0.3) is 11.4 Å². The predicted octanol–water partition coefficient (Wildman–Crippen LogP) is 4.62. The minimum atomic E-state index is 0.539. The highest BCUT2D eigenvalue weighted by Gasteiger charge is 2.09. The van der Waals surface area contributed by atoms with Crippen LogP contribution >= 0.6 is 28.1 Å². The van der Waals surface area contributed by atoms with Gasteiger partial charge in [0.1, 0.15) is 5.76 Å². The Morgan fingerprint density at radius 2 is 2.00 bits per heavy atom. The van der Waals surface area contributed by atoms with E-state index >= 15 is 0 Å². The molecule has 0 aliphatic rings. The van der Waals surface area contributed by atoms with Crippen molar-refractivity contribution in [2.75, 3.05) is 7.05 Å². The monoisotopic (exact) mass is 406 g/mol. The van der Waals surface area contributed by atoms with Crippen molar-refractivity contribution in [3.05, 3.63) is 57.2 Å². The van der Waals surface area contributed by atoms with Gasteiger partial charge in [-0.05, 0) is 59.3 Å². The van der Waals surface area contributed by atoms with Crippen molar-refractivity contribution in [2.45, 2.75) is 26.6 Å². The number of nitrogens with zero attached hydrogens (tertiary/aromatic N) is 3. The number of H-pyrrole nitrogens is 1. The highest BCUT2D eigenvalue weighted by molar-refractivity contribution is 9.10. The first kappa shape index (κ1) is 17.1. The molecule has 2 aromatic heterocycles. The van der Waals surface area contributed by atoms with Crippen LogP contribution in [0.3, 0.4) is 0 Å². The van der Waals surface area contributed by atoms with Gasteiger partial charge in [-0.15, -0.1) is 0 Å². The van der Waals surface area contributed by atoms with Crippen molar-refractivity contribution < 1.29 is 4.42 Å². The molecule has 3 rings (SSSR count). The molecule has 126 valence electrons. The molecule has 1 aromatic carbocycles. The lowest BCUT2D eigenvalue weighted by molar-refractivity contribution is 0.225. The van der Waals surface area contributed by atoms with E-state index in [1.54, 1.807) is 0 Å². The second kappa shape index (κ2) is 7.46. The van der Waals surface area contributed by atoms with E-state index in [-0.39, 0.29) is 0 Å². The van der Waals surface area contributed by atoms with Gasteiger partial charge in [-0.2, -0.15) is 4.98 Å². The third-order valence-electron chi connectivity index (χ3n) is 3.75. The van der Waals surface area contributed by atoms with Gasteiger partial charge in [-0.3, -0.25) is 10.00 Å². The summed E-state index contributed by atoms with van der Waals surface area (Å²) in [6, 6.07) is 12.2. The molecule has 0 atom stereocenters. The Morgan fingerprint density at radius 1 is 1.25 bits per heavy atom. The lowest BCUT2D eigenvalue weighted by Gasteiger charge is -2.15. The maximum Gasteiger partial charge on any atom is 0.217 e. The average molecular weight is 407 g/mol. The molecule has 0 radical (unpaired) electrons. The number of aromatic nitrogens is 3. The summed E-state index contributed by atoms with van der Waals surface area (Å²) in [6.07, 6.45) is 1.03. The summed E-state index contributed by atoms with van der Waals surface area (Å²) < 4.78 is 8.67. The molecular weight excluding hydrogens is 388 g/mol. The van der Waals surface area contributed by atoms with E-state index in [9.17, 15) is 0 Å². The standard InChI is InChI=1S/C17H19BrN4OS/c1-3-12-4-6-13(7-5-12)16-19-17(24)22(20-16)11-21(2)10-14-8-9-15(18)23-14/h4-9H,3,10-11H2,1-2H3,(H,19,20,24). The number of hydrogen-bond acceptors (Lipinski definition) is 4. The van der Waals surface area contributed by atoms with E-state index in [2.05, 4.69) is 62.1 Å². The predicted molar refractivity (Wildman–Crippen MR) is 100 cm³/mol. The first-order chi connectivity index (χ1) is 11.5. The average Bonchev–Trinajstić information content (AvgIpc) is 3.13. The molecule has 0 aliphatic heterocycles. The highest BCUT2D eigenvalue weighted by Crippen LogP contribution is 2.17. The van der Waals surface area contributed by atoms with Crippen LogP contribution in [0.2, 0.25) is 0 Å². The summed E-state index contributed by atoms with van der Waals surface area (Å²) in [4.78, 5) is 6.57. The Morgan fingerprint density at radius 3 is 2.62 bits per heavy atom. The first-order valence-electron chi connectivity index (χ1n) is 7.74. The molecule has 0 saturated carbocycles. The second-order valence-corrected chi connectivity index (χ2v) is 6.84. The van der Waals surface area contributed by atoms with Gasteiger partial charge in [0.25, 0.3) is 0 Å². The SMILES string of the molecule is CCc1ccc(-c2nc(=S)n(CN(C)Cc3ccc(Br)o3)[nH]2)cc1. The van der Waals surface area contributed by atoms with Gasteiger partial charge in [-0.1, -0.05) is 31.2 Å². The smallest absolute Gasteiger partial charge is 0.217 e. The number of nitrogens with one attached hydrogen (secondary N) is 1. The minimum Gasteiger partial charge on any atom is -0.453 e. The maximum absolute atomic E-state index is 5.53. The quantitative estimate of drug-likeness (QED) is 0.606. The van der Waals surface area contributed by atoms with Crippen LogP contribution in [-0.4, -0.2) is 26.7 Å². The number of furan rings is 1. The molecule has 0 unspecified atom stereocenters. The van der Waals surface area contributed by atoms with Crippen molar-refractivity contribution in [3.8, 4) is 11.4 Å². The Kier molecular flexibility index (Phi) is 5.33. The fourth-order valence-electron chi connectivity index (χ4n) is 2.47. The third-order valence-corrected chi connectivity index (χ3v) is 4.49. The molecule has 5 nitrogen and oxygen atoms in total. The van der Waals surface area contributed by atoms with Gasteiger partial charge in [0.2, 0.25) is 4.77 Å². The molecule has 0 fully saturated rings. The second-order valence-electron chi connectivity index (χ2n) is 5.69. The van der Waals surface area contributed by atoms with Crippen LogP contribution < -0.4 is 0 Å². The normalized spacial score (nSPS) is 11.3. The molecule has 2 heterocycles. The van der Waals surface area contributed by atoms with Crippen molar-refractivity contribution >= 4 is 28.1 Å². The van der Waals surface area contributed by atoms with Crippen molar-refractivity contribution in [2.24, 2.45) is 0 Å². The number of aryl methyl sites for hydroxylation is 1. The number of hydrogen-bond donors (Lipinski definition) is 1. The molecule has 1 N–H and O–H groups in total. The van der Waals surface area contributed by atoms with Crippen LogP contribution in [0.5, 0.6) is 0 Å². The molecule has 24 heavy (non-hydrogen) atoms. The number of rotatable bonds is 6. The largest absolute Gasteiger partial charge is 0.453 e. The van der Waals surface area contributed by atoms with Crippen LogP contribution in [0.1, 0.15) is 18.2 Å². The molecular formula is C17H19BrN4OS. The van der Waals surface area contributed by atoms with Crippen LogP contribution in [0, 0.1) is 4.77 Å². The van der Waals surface area contributed by atoms with Crippen LogP contribution in [-0.2, 0) is 19.6 Å². The highest BCUT2D eigenvalue weighted by atomic mass is 79.9. The molecule has 0 saturated heterocycles. The van der Waals surface area contributed by atoms with Gasteiger partial charge in [0.05, 0.1) is 13.2 Å². The van der Waals surface area contributed by atoms with Gasteiger partial charge < -0.3 is 4.42 Å². The van der Waals surface area contributed by atoms with E-state index in [1.807, 2.05) is 23.9 Å². The lowest BCUT2D eigenvalue weighted by atomic mass is 10.1. The summed E-state index contributed by atoms with van der Waals surface area (Å²) in [5.41, 5.74) is 2.34. The Hall–Kier alpha value is -1.70. The van der Waals surface area contributed by atoms with Crippen molar-refractivity contribution in [3.63, 3.8) is 0 Å². The van der Waals surface area contributed by atoms with Crippen molar-refractivity contribution in [1.29, 1.82) is 0 Å². The van der Waals surface area contributed by atoms with Gasteiger partial charge >= 0.3 is 0 Å². The minimum absolute atomic E-state index is 0.539. The third kappa shape index (κ3) is 4.03. The molecule has 7 heteroatoms. The molecule has 0 spiro atoms. The zero-order chi connectivity index (χ0) is 17.1. The summed E-state index contributed by atoms with van der Waals surface area (Å²) in [6.45, 7) is 3.44. The lowest BCUT2D eigenvalue weighted by Crippen LogP contribution is -2.22. The first-order valence-corrected chi connectivity index (χ1v) is 8.94. The summed E-state index contributed by atoms with van der Waals surface area (Å²) in [7, 11) is 2.01. The van der Waals surface area contributed by atoms with Crippen LogP contribution in [0.4, 0.5) is 0 Å². The van der Waals surface area contributed by atoms with E-state index in [1.165, 1.54) is 5.56 Å². The van der Waals surface area contributed by atoms with E-state index in [0.29, 0.717) is 18.0 Å². The molecule has 3 aromatic rings. The molecule has 0 aliphatic carbocycles. The Balaban J connectivity index is 1.72.